The summed E-state index contributed by atoms with van der Waals surface area (Å²) in [5.41, 5.74) is 0. The largest absolute Gasteiger partial charge is 0.469 e. The number of halogens is 1. The monoisotopic (exact) mass is 240 g/mol. The summed E-state index contributed by atoms with van der Waals surface area (Å²) >= 11 is 0. The average molecular weight is 241 g/mol. The van der Waals surface area contributed by atoms with Gasteiger partial charge in [0, 0.05) is 10.7 Å². The van der Waals surface area contributed by atoms with Gasteiger partial charge >= 0.3 is 5.97 Å². The fourth-order valence-corrected chi connectivity index (χ4v) is 3.58. The molecule has 1 aliphatic rings. The van der Waals surface area contributed by atoms with E-state index < -0.39 is 26.2 Å². The van der Waals surface area contributed by atoms with E-state index in [-0.39, 0.29) is 0 Å². The number of hydrogen-bond acceptors (Lipinski definition) is 4. The average Bonchev–Trinajstić information content (AvgIpc) is 2.15. The number of esters is 1. The molecule has 0 bridgehead atoms. The summed E-state index contributed by atoms with van der Waals surface area (Å²) in [6, 6.07) is 0. The lowest BCUT2D eigenvalue weighted by atomic mass is 9.89. The van der Waals surface area contributed by atoms with E-state index in [2.05, 4.69) is 4.74 Å². The summed E-state index contributed by atoms with van der Waals surface area (Å²) < 4.78 is 26.9. The molecule has 0 aromatic carbocycles. The van der Waals surface area contributed by atoms with E-state index in [4.69, 9.17) is 10.7 Å². The van der Waals surface area contributed by atoms with Gasteiger partial charge in [-0.15, -0.1) is 0 Å². The minimum Gasteiger partial charge on any atom is -0.469 e. The molecule has 0 aromatic heterocycles. The van der Waals surface area contributed by atoms with Crippen molar-refractivity contribution in [2.24, 2.45) is 5.92 Å². The maximum atomic E-state index is 11.3. The van der Waals surface area contributed by atoms with Crippen LogP contribution in [0.25, 0.3) is 0 Å². The molecule has 4 nitrogen and oxygen atoms in total. The standard InChI is InChI=1S/C8H13ClO4S/c1-13-8(10)6-4-2-3-5-7(6)14(9,11)12/h6-7H,2-5H2,1H3. The molecule has 0 saturated heterocycles. The predicted octanol–water partition coefficient (Wildman–Crippen LogP) is 1.29. The van der Waals surface area contributed by atoms with Crippen LogP contribution in [0.5, 0.6) is 0 Å². The van der Waals surface area contributed by atoms with Gasteiger partial charge in [0.05, 0.1) is 18.3 Å². The molecule has 1 fully saturated rings. The molecule has 1 rings (SSSR count). The predicted molar refractivity (Wildman–Crippen MR) is 52.5 cm³/mol. The van der Waals surface area contributed by atoms with E-state index in [1.54, 1.807) is 0 Å². The topological polar surface area (TPSA) is 60.4 Å². The van der Waals surface area contributed by atoms with E-state index in [1.165, 1.54) is 7.11 Å². The smallest absolute Gasteiger partial charge is 0.310 e. The Labute approximate surface area is 88.0 Å². The Morgan fingerprint density at radius 2 is 1.93 bits per heavy atom. The lowest BCUT2D eigenvalue weighted by Gasteiger charge is -2.26. The van der Waals surface area contributed by atoms with Crippen LogP contribution in [0.3, 0.4) is 0 Å². The Bertz CT molecular complexity index is 311. The van der Waals surface area contributed by atoms with Crippen LogP contribution in [-0.4, -0.2) is 26.7 Å². The highest BCUT2D eigenvalue weighted by molar-refractivity contribution is 8.14. The third-order valence-electron chi connectivity index (χ3n) is 2.57. The first-order valence-electron chi connectivity index (χ1n) is 4.48. The molecule has 0 radical (unpaired) electrons. The van der Waals surface area contributed by atoms with E-state index in [0.29, 0.717) is 12.8 Å². The second-order valence-corrected chi connectivity index (χ2v) is 6.28. The third-order valence-corrected chi connectivity index (χ3v) is 4.54. The maximum absolute atomic E-state index is 11.3. The molecule has 6 heteroatoms. The molecule has 14 heavy (non-hydrogen) atoms. The number of carbonyl (C=O) groups excluding carboxylic acids is 1. The van der Waals surface area contributed by atoms with Gasteiger partial charge in [0.25, 0.3) is 0 Å². The second kappa shape index (κ2) is 4.49. The Morgan fingerprint density at radius 1 is 1.36 bits per heavy atom. The van der Waals surface area contributed by atoms with Crippen LogP contribution < -0.4 is 0 Å². The third kappa shape index (κ3) is 2.60. The first kappa shape index (κ1) is 11.8. The van der Waals surface area contributed by atoms with Crippen molar-refractivity contribution in [2.45, 2.75) is 30.9 Å². The van der Waals surface area contributed by atoms with E-state index in [1.807, 2.05) is 0 Å². The fraction of sp³-hybridized carbons (Fsp3) is 0.875. The Morgan fingerprint density at radius 3 is 2.43 bits per heavy atom. The van der Waals surface area contributed by atoms with E-state index >= 15 is 0 Å². The lowest BCUT2D eigenvalue weighted by molar-refractivity contribution is -0.146. The van der Waals surface area contributed by atoms with Crippen molar-refractivity contribution >= 4 is 25.7 Å². The molecule has 0 aliphatic heterocycles. The van der Waals surface area contributed by atoms with Crippen molar-refractivity contribution in [2.75, 3.05) is 7.11 Å². The normalized spacial score (nSPS) is 28.4. The van der Waals surface area contributed by atoms with Crippen LogP contribution in [0.1, 0.15) is 25.7 Å². The van der Waals surface area contributed by atoms with Crippen molar-refractivity contribution in [3.63, 3.8) is 0 Å². The minimum atomic E-state index is -3.66. The number of carbonyl (C=O) groups is 1. The first-order chi connectivity index (χ1) is 6.46. The van der Waals surface area contributed by atoms with Crippen molar-refractivity contribution in [1.82, 2.24) is 0 Å². The van der Waals surface area contributed by atoms with Gasteiger partial charge in [0.2, 0.25) is 9.05 Å². The van der Waals surface area contributed by atoms with Crippen LogP contribution in [0.4, 0.5) is 0 Å². The fourth-order valence-electron chi connectivity index (χ4n) is 1.85. The molecule has 0 N–H and O–H groups in total. The highest BCUT2D eigenvalue weighted by Gasteiger charge is 2.39. The number of rotatable bonds is 2. The van der Waals surface area contributed by atoms with E-state index in [0.717, 1.165) is 12.8 Å². The van der Waals surface area contributed by atoms with Crippen LogP contribution in [0.15, 0.2) is 0 Å². The van der Waals surface area contributed by atoms with Crippen molar-refractivity contribution < 1.29 is 17.9 Å². The summed E-state index contributed by atoms with van der Waals surface area (Å²) in [6.45, 7) is 0. The zero-order chi connectivity index (χ0) is 10.8. The molecule has 82 valence electrons. The molecule has 1 aliphatic carbocycles. The van der Waals surface area contributed by atoms with Crippen molar-refractivity contribution in [3.05, 3.63) is 0 Å². The van der Waals surface area contributed by atoms with Gasteiger partial charge in [-0.3, -0.25) is 4.79 Å². The summed E-state index contributed by atoms with van der Waals surface area (Å²) in [4.78, 5) is 11.3. The van der Waals surface area contributed by atoms with Gasteiger partial charge in [-0.05, 0) is 12.8 Å². The van der Waals surface area contributed by atoms with Gasteiger partial charge in [-0.2, -0.15) is 0 Å². The van der Waals surface area contributed by atoms with Crippen molar-refractivity contribution in [3.8, 4) is 0 Å². The van der Waals surface area contributed by atoms with Gasteiger partial charge in [0.1, 0.15) is 0 Å². The zero-order valence-electron chi connectivity index (χ0n) is 7.90. The Hall–Kier alpha value is -0.290. The molecule has 2 unspecified atom stereocenters. The molecule has 0 aromatic rings. The SMILES string of the molecule is COC(=O)C1CCCCC1S(=O)(=O)Cl. The van der Waals surface area contributed by atoms with Gasteiger partial charge in [0.15, 0.2) is 0 Å². The lowest BCUT2D eigenvalue weighted by Crippen LogP contribution is -2.36. The molecule has 1 saturated carbocycles. The van der Waals surface area contributed by atoms with Crippen LogP contribution >= 0.6 is 10.7 Å². The number of ether oxygens (including phenoxy) is 1. The van der Waals surface area contributed by atoms with Gasteiger partial charge in [-0.25, -0.2) is 8.42 Å². The Balaban J connectivity index is 2.85. The summed E-state index contributed by atoms with van der Waals surface area (Å²) in [5, 5.41) is -0.773. The highest BCUT2D eigenvalue weighted by atomic mass is 35.7. The van der Waals surface area contributed by atoms with Gasteiger partial charge < -0.3 is 4.74 Å². The quantitative estimate of drug-likeness (QED) is 0.539. The van der Waals surface area contributed by atoms with Crippen LogP contribution in [-0.2, 0) is 18.6 Å². The number of hydrogen-bond donors (Lipinski definition) is 0. The van der Waals surface area contributed by atoms with Crippen molar-refractivity contribution in [1.29, 1.82) is 0 Å². The minimum absolute atomic E-state index is 0.450. The molecule has 0 heterocycles. The zero-order valence-corrected chi connectivity index (χ0v) is 9.47. The number of methoxy groups -OCH3 is 1. The summed E-state index contributed by atoms with van der Waals surface area (Å²) in [6.07, 6.45) is 2.64. The second-order valence-electron chi connectivity index (χ2n) is 3.43. The molecule has 2 atom stereocenters. The molecule has 0 spiro atoms. The van der Waals surface area contributed by atoms with Crippen LogP contribution in [0, 0.1) is 5.92 Å². The molecule has 0 amide bonds. The summed E-state index contributed by atoms with van der Waals surface area (Å²) in [5.74, 6) is -1.06. The van der Waals surface area contributed by atoms with Gasteiger partial charge in [-0.1, -0.05) is 12.8 Å². The Kier molecular flexibility index (Phi) is 3.78. The first-order valence-corrected chi connectivity index (χ1v) is 6.85. The van der Waals surface area contributed by atoms with E-state index in [9.17, 15) is 13.2 Å². The molecular formula is C8H13ClO4S. The highest BCUT2D eigenvalue weighted by Crippen LogP contribution is 2.32. The maximum Gasteiger partial charge on any atom is 0.310 e. The molecular weight excluding hydrogens is 228 g/mol. The summed E-state index contributed by atoms with van der Waals surface area (Å²) in [7, 11) is 2.87. The van der Waals surface area contributed by atoms with Crippen LogP contribution in [0.2, 0.25) is 0 Å².